The van der Waals surface area contributed by atoms with Crippen molar-refractivity contribution in [3.63, 3.8) is 0 Å². The van der Waals surface area contributed by atoms with Gasteiger partial charge in [-0.15, -0.1) is 0 Å². The zero-order chi connectivity index (χ0) is 16.1. The maximum Gasteiger partial charge on any atom is 0.225 e. The van der Waals surface area contributed by atoms with Crippen molar-refractivity contribution >= 4 is 5.95 Å². The number of H-pyrrole nitrogens is 1. The van der Waals surface area contributed by atoms with Crippen molar-refractivity contribution in [2.75, 3.05) is 18.1 Å². The molecule has 0 radical (unpaired) electrons. The normalized spacial score (nSPS) is 28.7. The first-order chi connectivity index (χ1) is 11.7. The molecule has 2 aromatic rings. The number of hydrogen-bond acceptors (Lipinski definition) is 5. The van der Waals surface area contributed by atoms with Gasteiger partial charge < -0.3 is 10.0 Å². The summed E-state index contributed by atoms with van der Waals surface area (Å²) in [5, 5.41) is 17.3. The highest BCUT2D eigenvalue weighted by Crippen LogP contribution is 2.48. The average Bonchev–Trinajstić information content (AvgIpc) is 3.07. The van der Waals surface area contributed by atoms with Gasteiger partial charge in [0.25, 0.3) is 0 Å². The summed E-state index contributed by atoms with van der Waals surface area (Å²) in [7, 11) is 0. The number of aromatic nitrogens is 4. The van der Waals surface area contributed by atoms with Gasteiger partial charge in [0, 0.05) is 42.2 Å². The minimum atomic E-state index is 0.0748. The fraction of sp³-hybridized carbons (Fsp3) is 0.611. The summed E-state index contributed by atoms with van der Waals surface area (Å²) in [6.07, 6.45) is 8.48. The lowest BCUT2D eigenvalue weighted by molar-refractivity contribution is 0.148. The van der Waals surface area contributed by atoms with E-state index in [1.807, 2.05) is 12.3 Å². The first-order valence-corrected chi connectivity index (χ1v) is 8.98. The molecule has 1 aliphatic heterocycles. The quantitative estimate of drug-likeness (QED) is 0.879. The summed E-state index contributed by atoms with van der Waals surface area (Å²) < 4.78 is 0. The third-order valence-corrected chi connectivity index (χ3v) is 5.95. The number of anilines is 1. The third-order valence-electron chi connectivity index (χ3n) is 5.95. The van der Waals surface area contributed by atoms with Crippen molar-refractivity contribution in [1.82, 2.24) is 20.2 Å². The Morgan fingerprint density at radius 1 is 1.29 bits per heavy atom. The van der Waals surface area contributed by atoms with Gasteiger partial charge in [-0.25, -0.2) is 9.97 Å². The van der Waals surface area contributed by atoms with E-state index in [0.29, 0.717) is 12.0 Å². The lowest BCUT2D eigenvalue weighted by atomic mass is 9.89. The van der Waals surface area contributed by atoms with Crippen LogP contribution in [0.15, 0.2) is 18.3 Å². The van der Waals surface area contributed by atoms with Gasteiger partial charge in [0.1, 0.15) is 0 Å². The Kier molecular flexibility index (Phi) is 3.16. The molecular weight excluding hydrogens is 302 g/mol. The predicted octanol–water partition coefficient (Wildman–Crippen LogP) is 2.02. The minimum absolute atomic E-state index is 0.0748. The van der Waals surface area contributed by atoms with Gasteiger partial charge in [0.05, 0.1) is 18.0 Å². The van der Waals surface area contributed by atoms with Crippen LogP contribution < -0.4 is 4.90 Å². The molecule has 3 aliphatic rings. The Bertz CT molecular complexity index is 755. The summed E-state index contributed by atoms with van der Waals surface area (Å²) in [5.41, 5.74) is 3.40. The molecule has 3 fully saturated rings. The van der Waals surface area contributed by atoms with Crippen LogP contribution in [-0.4, -0.2) is 44.5 Å². The van der Waals surface area contributed by atoms with E-state index < -0.39 is 0 Å². The van der Waals surface area contributed by atoms with Crippen LogP contribution in [0.3, 0.4) is 0 Å². The van der Waals surface area contributed by atoms with E-state index in [1.54, 1.807) is 0 Å². The molecule has 0 spiro atoms. The maximum absolute atomic E-state index is 9.73. The van der Waals surface area contributed by atoms with Crippen molar-refractivity contribution in [2.45, 2.75) is 50.5 Å². The summed E-state index contributed by atoms with van der Waals surface area (Å²) in [4.78, 5) is 11.6. The molecule has 6 nitrogen and oxygen atoms in total. The van der Waals surface area contributed by atoms with E-state index >= 15 is 0 Å². The highest BCUT2D eigenvalue weighted by atomic mass is 16.3. The number of aliphatic hydroxyl groups excluding tert-OH is 1. The number of piperidine rings is 1. The van der Waals surface area contributed by atoms with Crippen LogP contribution >= 0.6 is 0 Å². The molecule has 0 aromatic carbocycles. The van der Waals surface area contributed by atoms with Crippen LogP contribution in [0.2, 0.25) is 0 Å². The Morgan fingerprint density at radius 2 is 2.21 bits per heavy atom. The highest BCUT2D eigenvalue weighted by Gasteiger charge is 2.49. The standard InChI is InChI=1S/C18H23N5O/c24-11-18-5-3-15(9-18)23(10-18)17-19-6-4-13(20-17)7-14-8-16(22-21-14)12-1-2-12/h4,6,8,12,15,24H,1-3,5,7,9-11H2,(H,21,22). The van der Waals surface area contributed by atoms with Gasteiger partial charge in [-0.1, -0.05) is 0 Å². The molecule has 2 N–H and O–H groups in total. The number of aromatic amines is 1. The molecule has 2 aromatic heterocycles. The summed E-state index contributed by atoms with van der Waals surface area (Å²) >= 11 is 0. The van der Waals surface area contributed by atoms with Crippen LogP contribution in [0, 0.1) is 5.41 Å². The van der Waals surface area contributed by atoms with Crippen LogP contribution in [0.5, 0.6) is 0 Å². The van der Waals surface area contributed by atoms with Gasteiger partial charge in [-0.05, 0) is 44.2 Å². The Morgan fingerprint density at radius 3 is 3.00 bits per heavy atom. The summed E-state index contributed by atoms with van der Waals surface area (Å²) in [6, 6.07) is 4.64. The first kappa shape index (κ1) is 14.4. The van der Waals surface area contributed by atoms with E-state index in [0.717, 1.165) is 49.6 Å². The third kappa shape index (κ3) is 2.40. The smallest absolute Gasteiger partial charge is 0.225 e. The molecule has 2 unspecified atom stereocenters. The Hall–Kier alpha value is -1.95. The zero-order valence-electron chi connectivity index (χ0n) is 13.8. The SMILES string of the molecule is OCC12CCC(C1)N(c1nccc(Cc3cc(C4CC4)[nH]n3)n1)C2. The molecule has 1 saturated heterocycles. The monoisotopic (exact) mass is 325 g/mol. The second kappa shape index (κ2) is 5.28. The van der Waals surface area contributed by atoms with Crippen LogP contribution in [0.25, 0.3) is 0 Å². The van der Waals surface area contributed by atoms with Crippen LogP contribution in [0.1, 0.15) is 55.1 Å². The highest BCUT2D eigenvalue weighted by molar-refractivity contribution is 5.38. The van der Waals surface area contributed by atoms with Crippen molar-refractivity contribution in [1.29, 1.82) is 0 Å². The molecule has 2 aliphatic carbocycles. The molecule has 3 heterocycles. The first-order valence-electron chi connectivity index (χ1n) is 8.98. The number of fused-ring (bicyclic) bond motifs is 2. The number of nitrogens with one attached hydrogen (secondary N) is 1. The van der Waals surface area contributed by atoms with Crippen LogP contribution in [0.4, 0.5) is 5.95 Å². The molecule has 126 valence electrons. The summed E-state index contributed by atoms with van der Waals surface area (Å²) in [5.74, 6) is 1.51. The number of nitrogens with zero attached hydrogens (tertiary/aromatic N) is 4. The van der Waals surface area contributed by atoms with Crippen molar-refractivity contribution in [2.24, 2.45) is 5.41 Å². The lowest BCUT2D eigenvalue weighted by Crippen LogP contribution is -2.38. The van der Waals surface area contributed by atoms with Gasteiger partial charge >= 0.3 is 0 Å². The van der Waals surface area contributed by atoms with Crippen LogP contribution in [-0.2, 0) is 6.42 Å². The van der Waals surface area contributed by atoms with Gasteiger partial charge in [0.2, 0.25) is 5.95 Å². The molecule has 2 atom stereocenters. The van der Waals surface area contributed by atoms with Gasteiger partial charge in [-0.3, -0.25) is 5.10 Å². The molecule has 2 saturated carbocycles. The van der Waals surface area contributed by atoms with Crippen molar-refractivity contribution in [3.8, 4) is 0 Å². The fourth-order valence-electron chi connectivity index (χ4n) is 4.39. The van der Waals surface area contributed by atoms with E-state index in [4.69, 9.17) is 4.98 Å². The minimum Gasteiger partial charge on any atom is -0.396 e. The molecule has 5 rings (SSSR count). The second-order valence-corrected chi connectivity index (χ2v) is 7.80. The number of rotatable bonds is 5. The van der Waals surface area contributed by atoms with Gasteiger partial charge in [-0.2, -0.15) is 5.10 Å². The van der Waals surface area contributed by atoms with Crippen molar-refractivity contribution < 1.29 is 5.11 Å². The maximum atomic E-state index is 9.73. The Labute approximate surface area is 141 Å². The largest absolute Gasteiger partial charge is 0.396 e. The molecule has 2 bridgehead atoms. The van der Waals surface area contributed by atoms with E-state index in [1.165, 1.54) is 18.5 Å². The lowest BCUT2D eigenvalue weighted by Gasteiger charge is -2.31. The van der Waals surface area contributed by atoms with E-state index in [-0.39, 0.29) is 12.0 Å². The summed E-state index contributed by atoms with van der Waals surface area (Å²) in [6.45, 7) is 1.16. The van der Waals surface area contributed by atoms with Gasteiger partial charge in [0.15, 0.2) is 0 Å². The second-order valence-electron chi connectivity index (χ2n) is 7.80. The van der Waals surface area contributed by atoms with E-state index in [2.05, 4.69) is 26.1 Å². The number of aliphatic hydroxyl groups is 1. The van der Waals surface area contributed by atoms with Crippen molar-refractivity contribution in [3.05, 3.63) is 35.4 Å². The predicted molar refractivity (Wildman–Crippen MR) is 89.9 cm³/mol. The molecular formula is C18H23N5O. The molecule has 6 heteroatoms. The molecule has 0 amide bonds. The Balaban J connectivity index is 1.34. The average molecular weight is 325 g/mol. The topological polar surface area (TPSA) is 77.9 Å². The van der Waals surface area contributed by atoms with E-state index in [9.17, 15) is 5.11 Å². The number of hydrogen-bond donors (Lipinski definition) is 2. The molecule has 24 heavy (non-hydrogen) atoms. The zero-order valence-corrected chi connectivity index (χ0v) is 13.8. The fourth-order valence-corrected chi connectivity index (χ4v) is 4.39.